The summed E-state index contributed by atoms with van der Waals surface area (Å²) in [6, 6.07) is 6.36. The van der Waals surface area contributed by atoms with Crippen LogP contribution in [0.15, 0.2) is 30.5 Å². The van der Waals surface area contributed by atoms with E-state index in [1.54, 1.807) is 12.3 Å². The number of hydrogen-bond acceptors (Lipinski definition) is 5. The zero-order valence-electron chi connectivity index (χ0n) is 16.1. The molecule has 0 bridgehead atoms. The number of ketones is 1. The van der Waals surface area contributed by atoms with Crippen LogP contribution in [-0.4, -0.2) is 40.9 Å². The number of benzene rings is 1. The van der Waals surface area contributed by atoms with Crippen LogP contribution in [0, 0.1) is 11.7 Å². The van der Waals surface area contributed by atoms with Gasteiger partial charge in [-0.3, -0.25) is 9.69 Å². The highest BCUT2D eigenvalue weighted by Gasteiger charge is 2.27. The Morgan fingerprint density at radius 3 is 2.89 bits per heavy atom. The van der Waals surface area contributed by atoms with Gasteiger partial charge in [-0.1, -0.05) is 13.8 Å². The summed E-state index contributed by atoms with van der Waals surface area (Å²) in [4.78, 5) is 24.0. The van der Waals surface area contributed by atoms with Crippen molar-refractivity contribution >= 4 is 5.78 Å². The van der Waals surface area contributed by atoms with E-state index in [-0.39, 0.29) is 23.4 Å². The van der Waals surface area contributed by atoms with Crippen molar-refractivity contribution in [2.24, 2.45) is 5.92 Å². The van der Waals surface area contributed by atoms with E-state index in [2.05, 4.69) is 28.7 Å². The molecule has 1 aliphatic heterocycles. The number of likely N-dealkylation sites (tertiary alicyclic amines) is 1. The molecular weight excluding hydrogens is 345 g/mol. The maximum atomic E-state index is 13.9. The summed E-state index contributed by atoms with van der Waals surface area (Å²) in [5, 5.41) is 0. The van der Waals surface area contributed by atoms with Crippen molar-refractivity contribution < 1.29 is 13.9 Å². The van der Waals surface area contributed by atoms with Crippen LogP contribution in [0.25, 0.3) is 0 Å². The number of piperidine rings is 1. The average Bonchev–Trinajstić information content (AvgIpc) is 2.67. The fourth-order valence-electron chi connectivity index (χ4n) is 3.48. The van der Waals surface area contributed by atoms with Gasteiger partial charge in [-0.25, -0.2) is 14.4 Å². The highest BCUT2D eigenvalue weighted by atomic mass is 19.1. The Kier molecular flexibility index (Phi) is 6.16. The van der Waals surface area contributed by atoms with Crippen molar-refractivity contribution in [3.05, 3.63) is 53.4 Å². The second-order valence-corrected chi connectivity index (χ2v) is 7.35. The molecule has 5 nitrogen and oxygen atoms in total. The highest BCUT2D eigenvalue weighted by Crippen LogP contribution is 2.25. The van der Waals surface area contributed by atoms with E-state index in [1.807, 2.05) is 6.07 Å². The maximum absolute atomic E-state index is 13.9. The van der Waals surface area contributed by atoms with Crippen LogP contribution < -0.4 is 4.74 Å². The van der Waals surface area contributed by atoms with Gasteiger partial charge in [0.05, 0.1) is 12.8 Å². The number of methoxy groups -OCH3 is 1. The molecule has 1 unspecified atom stereocenters. The van der Waals surface area contributed by atoms with Gasteiger partial charge in [0.2, 0.25) is 0 Å². The number of carbonyl (C=O) groups is 1. The number of rotatable bonds is 6. The largest absolute Gasteiger partial charge is 0.494 e. The van der Waals surface area contributed by atoms with Gasteiger partial charge in [-0.15, -0.1) is 0 Å². The third kappa shape index (κ3) is 4.69. The number of nitrogens with zero attached hydrogens (tertiary/aromatic N) is 3. The second kappa shape index (κ2) is 8.57. The number of halogens is 1. The average molecular weight is 371 g/mol. The first-order chi connectivity index (χ1) is 13.0. The van der Waals surface area contributed by atoms with Crippen LogP contribution in [-0.2, 0) is 6.54 Å². The van der Waals surface area contributed by atoms with Gasteiger partial charge in [0.25, 0.3) is 0 Å². The van der Waals surface area contributed by atoms with Crippen LogP contribution in [0.4, 0.5) is 4.39 Å². The number of carbonyl (C=O) groups excluding carboxylic acids is 1. The minimum absolute atomic E-state index is 0.00758. The Labute approximate surface area is 159 Å². The van der Waals surface area contributed by atoms with E-state index >= 15 is 0 Å². The van der Waals surface area contributed by atoms with Crippen LogP contribution in [0.5, 0.6) is 5.75 Å². The standard InChI is InChI=1S/C21H26FN3O2/c1-14(2)21-23-9-8-17(24-21)13-25-10-4-5-16(12-25)20(26)15-6-7-19(27-3)18(22)11-15/h6-9,11,14,16H,4-5,10,12-13H2,1-3H3. The Balaban J connectivity index is 1.67. The molecule has 0 N–H and O–H groups in total. The fraction of sp³-hybridized carbons (Fsp3) is 0.476. The molecule has 1 aromatic carbocycles. The number of hydrogen-bond donors (Lipinski definition) is 0. The van der Waals surface area contributed by atoms with Gasteiger partial charge in [-0.2, -0.15) is 0 Å². The highest BCUT2D eigenvalue weighted by molar-refractivity contribution is 5.98. The first-order valence-electron chi connectivity index (χ1n) is 9.40. The predicted octanol–water partition coefficient (Wildman–Crippen LogP) is 3.84. The third-order valence-corrected chi connectivity index (χ3v) is 4.95. The monoisotopic (exact) mass is 371 g/mol. The molecule has 27 heavy (non-hydrogen) atoms. The van der Waals surface area contributed by atoms with Gasteiger partial charge in [-0.05, 0) is 43.7 Å². The van der Waals surface area contributed by atoms with Crippen molar-refractivity contribution in [2.45, 2.75) is 39.2 Å². The molecule has 0 spiro atoms. The maximum Gasteiger partial charge on any atom is 0.167 e. The summed E-state index contributed by atoms with van der Waals surface area (Å²) in [6.07, 6.45) is 3.56. The second-order valence-electron chi connectivity index (χ2n) is 7.35. The number of aromatic nitrogens is 2. The summed E-state index contributed by atoms with van der Waals surface area (Å²) in [5.41, 5.74) is 1.38. The van der Waals surface area contributed by atoms with Crippen molar-refractivity contribution in [3.8, 4) is 5.75 Å². The van der Waals surface area contributed by atoms with Crippen molar-refractivity contribution in [2.75, 3.05) is 20.2 Å². The quantitative estimate of drug-likeness (QED) is 0.722. The molecule has 0 amide bonds. The zero-order chi connectivity index (χ0) is 19.4. The first-order valence-corrected chi connectivity index (χ1v) is 9.40. The van der Waals surface area contributed by atoms with E-state index in [0.717, 1.165) is 30.9 Å². The molecule has 1 aromatic heterocycles. The van der Waals surface area contributed by atoms with Crippen LogP contribution in [0.3, 0.4) is 0 Å². The number of Topliss-reactive ketones (excluding diaryl/α,β-unsaturated/α-hetero) is 1. The summed E-state index contributed by atoms with van der Waals surface area (Å²) in [5.74, 6) is 0.640. The predicted molar refractivity (Wildman–Crippen MR) is 101 cm³/mol. The SMILES string of the molecule is COc1ccc(C(=O)C2CCCN(Cc3ccnc(C(C)C)n3)C2)cc1F. The third-order valence-electron chi connectivity index (χ3n) is 4.95. The molecule has 6 heteroatoms. The van der Waals surface area contributed by atoms with Crippen LogP contribution >= 0.6 is 0 Å². The Morgan fingerprint density at radius 2 is 2.19 bits per heavy atom. The van der Waals surface area contributed by atoms with Crippen molar-refractivity contribution in [1.82, 2.24) is 14.9 Å². The van der Waals surface area contributed by atoms with Crippen LogP contribution in [0.1, 0.15) is 54.5 Å². The molecular formula is C21H26FN3O2. The van der Waals surface area contributed by atoms with Gasteiger partial charge in [0.15, 0.2) is 17.3 Å². The molecule has 0 radical (unpaired) electrons. The lowest BCUT2D eigenvalue weighted by atomic mass is 9.90. The molecule has 2 aromatic rings. The fourth-order valence-corrected chi connectivity index (χ4v) is 3.48. The minimum atomic E-state index is -0.502. The smallest absolute Gasteiger partial charge is 0.167 e. The summed E-state index contributed by atoms with van der Waals surface area (Å²) >= 11 is 0. The lowest BCUT2D eigenvalue weighted by Crippen LogP contribution is -2.38. The number of ether oxygens (including phenoxy) is 1. The summed E-state index contributed by atoms with van der Waals surface area (Å²) in [7, 11) is 1.41. The van der Waals surface area contributed by atoms with Gasteiger partial charge in [0.1, 0.15) is 5.82 Å². The van der Waals surface area contributed by atoms with Crippen LogP contribution in [0.2, 0.25) is 0 Å². The Morgan fingerprint density at radius 1 is 1.37 bits per heavy atom. The molecule has 2 heterocycles. The molecule has 1 aliphatic rings. The van der Waals surface area contributed by atoms with E-state index in [9.17, 15) is 9.18 Å². The molecule has 0 aliphatic carbocycles. The lowest BCUT2D eigenvalue weighted by Gasteiger charge is -2.31. The lowest BCUT2D eigenvalue weighted by molar-refractivity contribution is 0.0809. The van der Waals surface area contributed by atoms with Gasteiger partial charge >= 0.3 is 0 Å². The topological polar surface area (TPSA) is 55.3 Å². The molecule has 1 fully saturated rings. The molecule has 0 saturated carbocycles. The van der Waals surface area contributed by atoms with E-state index in [1.165, 1.54) is 19.2 Å². The normalized spacial score (nSPS) is 17.9. The van der Waals surface area contributed by atoms with E-state index < -0.39 is 5.82 Å². The molecule has 1 atom stereocenters. The Hall–Kier alpha value is -2.34. The van der Waals surface area contributed by atoms with Gasteiger partial charge < -0.3 is 4.74 Å². The summed E-state index contributed by atoms with van der Waals surface area (Å²) in [6.45, 7) is 6.43. The molecule has 3 rings (SSSR count). The molecule has 1 saturated heterocycles. The summed E-state index contributed by atoms with van der Waals surface area (Å²) < 4.78 is 18.9. The molecule has 144 valence electrons. The van der Waals surface area contributed by atoms with Crippen molar-refractivity contribution in [3.63, 3.8) is 0 Å². The van der Waals surface area contributed by atoms with Crippen molar-refractivity contribution in [1.29, 1.82) is 0 Å². The van der Waals surface area contributed by atoms with Gasteiger partial charge in [0, 0.05) is 36.7 Å². The minimum Gasteiger partial charge on any atom is -0.494 e. The van der Waals surface area contributed by atoms with E-state index in [4.69, 9.17) is 4.74 Å². The Bertz CT molecular complexity index is 810. The zero-order valence-corrected chi connectivity index (χ0v) is 16.1. The first kappa shape index (κ1) is 19.4. The van der Waals surface area contributed by atoms with E-state index in [0.29, 0.717) is 18.7 Å².